The van der Waals surface area contributed by atoms with Crippen LogP contribution in [0.15, 0.2) is 24.3 Å². The Morgan fingerprint density at radius 3 is 2.80 bits per heavy atom. The minimum Gasteiger partial charge on any atom is -0.229 e. The van der Waals surface area contributed by atoms with Crippen LogP contribution in [0.4, 0.5) is 0 Å². The van der Waals surface area contributed by atoms with Crippen molar-refractivity contribution in [1.29, 1.82) is 0 Å². The average molecular weight is 241 g/mol. The molecule has 0 bridgehead atoms. The van der Waals surface area contributed by atoms with Crippen molar-refractivity contribution in [2.75, 3.05) is 12.0 Å². The summed E-state index contributed by atoms with van der Waals surface area (Å²) in [6.07, 6.45) is 1.75. The van der Waals surface area contributed by atoms with Gasteiger partial charge in [0, 0.05) is 18.1 Å². The lowest BCUT2D eigenvalue weighted by molar-refractivity contribution is 0.601. The van der Waals surface area contributed by atoms with E-state index in [1.54, 1.807) is 0 Å². The van der Waals surface area contributed by atoms with E-state index >= 15 is 0 Å². The van der Waals surface area contributed by atoms with Crippen molar-refractivity contribution in [3.8, 4) is 0 Å². The molecule has 0 saturated carbocycles. The molecule has 0 fully saturated rings. The predicted octanol–water partition coefficient (Wildman–Crippen LogP) is 1.88. The van der Waals surface area contributed by atoms with Gasteiger partial charge in [0.05, 0.1) is 16.1 Å². The van der Waals surface area contributed by atoms with Gasteiger partial charge in [-0.05, 0) is 17.6 Å². The number of rotatable bonds is 3. The summed E-state index contributed by atoms with van der Waals surface area (Å²) in [4.78, 5) is 0. The zero-order valence-electron chi connectivity index (χ0n) is 8.30. The summed E-state index contributed by atoms with van der Waals surface area (Å²) in [5.41, 5.74) is 0.890. The summed E-state index contributed by atoms with van der Waals surface area (Å²) in [5.74, 6) is 0.167. The summed E-state index contributed by atoms with van der Waals surface area (Å²) in [5, 5.41) is 1.08. The number of sulfone groups is 1. The minimum absolute atomic E-state index is 0.167. The molecule has 1 heterocycles. The van der Waals surface area contributed by atoms with E-state index in [4.69, 9.17) is 0 Å². The first kappa shape index (κ1) is 10.6. The SMILES string of the molecule is CS(=O)(=O)CCc1nsc2ccccc12. The van der Waals surface area contributed by atoms with Gasteiger partial charge in [0.2, 0.25) is 0 Å². The highest BCUT2D eigenvalue weighted by molar-refractivity contribution is 7.90. The normalized spacial score (nSPS) is 12.1. The van der Waals surface area contributed by atoms with Gasteiger partial charge in [-0.3, -0.25) is 0 Å². The Morgan fingerprint density at radius 2 is 2.07 bits per heavy atom. The molecule has 2 rings (SSSR count). The third-order valence-corrected chi connectivity index (χ3v) is 3.97. The summed E-state index contributed by atoms with van der Waals surface area (Å²) >= 11 is 1.42. The third kappa shape index (κ3) is 2.54. The summed E-state index contributed by atoms with van der Waals surface area (Å²) in [6.45, 7) is 0. The maximum atomic E-state index is 11.0. The summed E-state index contributed by atoms with van der Waals surface area (Å²) < 4.78 is 27.5. The quantitative estimate of drug-likeness (QED) is 0.824. The molecular weight excluding hydrogens is 230 g/mol. The highest BCUT2D eigenvalue weighted by atomic mass is 32.2. The Hall–Kier alpha value is -0.940. The van der Waals surface area contributed by atoms with E-state index in [9.17, 15) is 8.42 Å². The molecule has 80 valence electrons. The van der Waals surface area contributed by atoms with Crippen LogP contribution in [-0.4, -0.2) is 24.8 Å². The lowest BCUT2D eigenvalue weighted by Crippen LogP contribution is -2.06. The van der Waals surface area contributed by atoms with Crippen molar-refractivity contribution in [3.05, 3.63) is 30.0 Å². The maximum Gasteiger partial charge on any atom is 0.147 e. The van der Waals surface area contributed by atoms with E-state index < -0.39 is 9.84 Å². The Labute approximate surface area is 92.8 Å². The minimum atomic E-state index is -2.90. The number of benzene rings is 1. The molecule has 0 aliphatic heterocycles. The van der Waals surface area contributed by atoms with Crippen molar-refractivity contribution in [2.24, 2.45) is 0 Å². The third-order valence-electron chi connectivity index (χ3n) is 2.16. The Kier molecular flexibility index (Phi) is 2.75. The van der Waals surface area contributed by atoms with Crippen LogP contribution in [0, 0.1) is 0 Å². The van der Waals surface area contributed by atoms with Crippen LogP contribution < -0.4 is 0 Å². The number of aryl methyl sites for hydroxylation is 1. The van der Waals surface area contributed by atoms with Gasteiger partial charge >= 0.3 is 0 Å². The number of aromatic nitrogens is 1. The van der Waals surface area contributed by atoms with Crippen molar-refractivity contribution in [3.63, 3.8) is 0 Å². The van der Waals surface area contributed by atoms with E-state index in [1.165, 1.54) is 17.8 Å². The molecule has 0 atom stereocenters. The van der Waals surface area contributed by atoms with Gasteiger partial charge in [-0.2, -0.15) is 4.37 Å². The summed E-state index contributed by atoms with van der Waals surface area (Å²) in [6, 6.07) is 7.88. The molecule has 0 spiro atoms. The monoisotopic (exact) mass is 241 g/mol. The number of fused-ring (bicyclic) bond motifs is 1. The van der Waals surface area contributed by atoms with Crippen molar-refractivity contribution >= 4 is 31.5 Å². The molecule has 15 heavy (non-hydrogen) atoms. The molecule has 0 N–H and O–H groups in total. The first-order valence-corrected chi connectivity index (χ1v) is 7.41. The molecule has 1 aromatic heterocycles. The largest absolute Gasteiger partial charge is 0.229 e. The molecular formula is C10H11NO2S2. The van der Waals surface area contributed by atoms with Gasteiger partial charge < -0.3 is 0 Å². The maximum absolute atomic E-state index is 11.0. The fourth-order valence-corrected chi connectivity index (χ4v) is 2.79. The van der Waals surface area contributed by atoms with Gasteiger partial charge in [0.25, 0.3) is 0 Å². The smallest absolute Gasteiger partial charge is 0.147 e. The number of hydrogen-bond acceptors (Lipinski definition) is 4. The second-order valence-electron chi connectivity index (χ2n) is 3.51. The highest BCUT2D eigenvalue weighted by Crippen LogP contribution is 2.22. The molecule has 1 aromatic carbocycles. The fraction of sp³-hybridized carbons (Fsp3) is 0.300. The molecule has 3 nitrogen and oxygen atoms in total. The van der Waals surface area contributed by atoms with Gasteiger partial charge in [-0.1, -0.05) is 18.2 Å². The number of nitrogens with zero attached hydrogens (tertiary/aromatic N) is 1. The van der Waals surface area contributed by atoms with Gasteiger partial charge in [0.15, 0.2) is 0 Å². The van der Waals surface area contributed by atoms with Crippen molar-refractivity contribution in [1.82, 2.24) is 4.37 Å². The number of hydrogen-bond donors (Lipinski definition) is 0. The first-order chi connectivity index (χ1) is 7.06. The standard InChI is InChI=1S/C10H11NO2S2/c1-15(12,13)7-6-9-8-4-2-3-5-10(8)14-11-9/h2-5H,6-7H2,1H3. The van der Waals surface area contributed by atoms with E-state index in [0.29, 0.717) is 6.42 Å². The van der Waals surface area contributed by atoms with Crippen LogP contribution in [0.2, 0.25) is 0 Å². The van der Waals surface area contributed by atoms with Crippen LogP contribution in [-0.2, 0) is 16.3 Å². The molecule has 0 aliphatic carbocycles. The molecule has 0 unspecified atom stereocenters. The van der Waals surface area contributed by atoms with Crippen LogP contribution in [0.25, 0.3) is 10.1 Å². The van der Waals surface area contributed by atoms with Crippen molar-refractivity contribution < 1.29 is 8.42 Å². The van der Waals surface area contributed by atoms with E-state index in [-0.39, 0.29) is 5.75 Å². The van der Waals surface area contributed by atoms with Gasteiger partial charge in [0.1, 0.15) is 9.84 Å². The zero-order valence-corrected chi connectivity index (χ0v) is 9.94. The van der Waals surface area contributed by atoms with Crippen LogP contribution in [0.1, 0.15) is 5.69 Å². The van der Waals surface area contributed by atoms with Crippen LogP contribution >= 0.6 is 11.5 Å². The molecule has 0 aliphatic rings. The Bertz CT molecular complexity index is 572. The average Bonchev–Trinajstić information content (AvgIpc) is 2.57. The molecule has 2 aromatic rings. The van der Waals surface area contributed by atoms with Crippen molar-refractivity contribution in [2.45, 2.75) is 6.42 Å². The van der Waals surface area contributed by atoms with E-state index in [1.807, 2.05) is 24.3 Å². The van der Waals surface area contributed by atoms with E-state index in [0.717, 1.165) is 15.8 Å². The lowest BCUT2D eigenvalue weighted by atomic mass is 10.2. The van der Waals surface area contributed by atoms with Crippen LogP contribution in [0.5, 0.6) is 0 Å². The fourth-order valence-electron chi connectivity index (χ4n) is 1.40. The first-order valence-electron chi connectivity index (χ1n) is 4.57. The zero-order chi connectivity index (χ0) is 10.9. The topological polar surface area (TPSA) is 47.0 Å². The summed E-state index contributed by atoms with van der Waals surface area (Å²) in [7, 11) is -2.90. The Balaban J connectivity index is 2.29. The highest BCUT2D eigenvalue weighted by Gasteiger charge is 2.08. The molecule has 0 radical (unpaired) electrons. The van der Waals surface area contributed by atoms with Crippen LogP contribution in [0.3, 0.4) is 0 Å². The van der Waals surface area contributed by atoms with Gasteiger partial charge in [-0.25, -0.2) is 8.42 Å². The second-order valence-corrected chi connectivity index (χ2v) is 6.57. The lowest BCUT2D eigenvalue weighted by Gasteiger charge is -1.96. The molecule has 0 amide bonds. The van der Waals surface area contributed by atoms with Gasteiger partial charge in [-0.15, -0.1) is 0 Å². The van der Waals surface area contributed by atoms with E-state index in [2.05, 4.69) is 4.37 Å². The second kappa shape index (κ2) is 3.90. The predicted molar refractivity (Wildman–Crippen MR) is 63.0 cm³/mol. The molecule has 5 heteroatoms. The Morgan fingerprint density at radius 1 is 1.33 bits per heavy atom. The molecule has 0 saturated heterocycles.